The number of anilines is 1. The maximum atomic E-state index is 13.4. The summed E-state index contributed by atoms with van der Waals surface area (Å²) >= 11 is 0. The van der Waals surface area contributed by atoms with Crippen molar-refractivity contribution < 1.29 is 27.0 Å². The number of halogens is 1. The molecular weight excluding hydrogens is 409 g/mol. The molecule has 0 atom stereocenters. The topological polar surface area (TPSA) is 65.1 Å². The third-order valence-corrected chi connectivity index (χ3v) is 6.33. The molecule has 0 aliphatic carbocycles. The van der Waals surface area contributed by atoms with Gasteiger partial charge in [-0.1, -0.05) is 12.1 Å². The fraction of sp³-hybridized carbons (Fsp3) is 0.182. The zero-order valence-corrected chi connectivity index (χ0v) is 17.6. The van der Waals surface area contributed by atoms with Crippen LogP contribution in [0.4, 0.5) is 10.1 Å². The Morgan fingerprint density at radius 2 is 1.43 bits per heavy atom. The Bertz CT molecular complexity index is 1100. The molecule has 0 saturated carbocycles. The number of benzene rings is 3. The first-order chi connectivity index (χ1) is 14.4. The summed E-state index contributed by atoms with van der Waals surface area (Å²) in [5.41, 5.74) is 1.13. The summed E-state index contributed by atoms with van der Waals surface area (Å²) in [6, 6.07) is 16.7. The Hall–Kier alpha value is -3.26. The van der Waals surface area contributed by atoms with Gasteiger partial charge in [0.25, 0.3) is 10.0 Å². The van der Waals surface area contributed by atoms with Crippen molar-refractivity contribution >= 4 is 15.7 Å². The van der Waals surface area contributed by atoms with Crippen molar-refractivity contribution in [2.75, 3.05) is 25.6 Å². The van der Waals surface area contributed by atoms with Crippen molar-refractivity contribution in [1.82, 2.24) is 0 Å². The zero-order valence-electron chi connectivity index (χ0n) is 16.8. The highest BCUT2D eigenvalue weighted by Crippen LogP contribution is 2.34. The molecule has 0 aromatic heterocycles. The van der Waals surface area contributed by atoms with E-state index < -0.39 is 15.8 Å². The van der Waals surface area contributed by atoms with Gasteiger partial charge in [0.15, 0.2) is 11.5 Å². The van der Waals surface area contributed by atoms with E-state index in [0.29, 0.717) is 22.9 Å². The molecule has 0 radical (unpaired) electrons. The van der Waals surface area contributed by atoms with Gasteiger partial charge >= 0.3 is 0 Å². The molecule has 3 aromatic carbocycles. The van der Waals surface area contributed by atoms with Crippen molar-refractivity contribution in [2.24, 2.45) is 0 Å². The third-order valence-electron chi connectivity index (χ3n) is 4.54. The molecule has 0 aliphatic heterocycles. The molecule has 0 saturated heterocycles. The van der Waals surface area contributed by atoms with Crippen molar-refractivity contribution in [1.29, 1.82) is 0 Å². The van der Waals surface area contributed by atoms with E-state index in [2.05, 4.69) is 0 Å². The second-order valence-electron chi connectivity index (χ2n) is 6.35. The molecule has 0 fully saturated rings. The van der Waals surface area contributed by atoms with Crippen molar-refractivity contribution in [3.8, 4) is 17.2 Å². The van der Waals surface area contributed by atoms with Crippen LogP contribution < -0.4 is 18.5 Å². The minimum Gasteiger partial charge on any atom is -0.497 e. The first kappa shape index (κ1) is 21.4. The van der Waals surface area contributed by atoms with Crippen LogP contribution in [0.15, 0.2) is 71.6 Å². The van der Waals surface area contributed by atoms with Crippen LogP contribution in [-0.4, -0.2) is 29.7 Å². The lowest BCUT2D eigenvalue weighted by Gasteiger charge is -2.25. The first-order valence-corrected chi connectivity index (χ1v) is 10.5. The lowest BCUT2D eigenvalue weighted by molar-refractivity contribution is 0.355. The summed E-state index contributed by atoms with van der Waals surface area (Å²) in [5, 5.41) is 0. The summed E-state index contributed by atoms with van der Waals surface area (Å²) in [7, 11) is 0.547. The Kier molecular flexibility index (Phi) is 6.47. The van der Waals surface area contributed by atoms with Gasteiger partial charge in [0.2, 0.25) is 0 Å². The summed E-state index contributed by atoms with van der Waals surface area (Å²) in [6.45, 7) is 0.0547. The molecule has 0 amide bonds. The molecule has 30 heavy (non-hydrogen) atoms. The standard InChI is InChI=1S/C22H22FNO5S/c1-27-19-9-4-16(5-10-19)15-24(18-8-13-21(28-2)22(14-18)29-3)30(25,26)20-11-6-17(23)7-12-20/h4-14H,15H2,1-3H3. The number of hydrogen-bond donors (Lipinski definition) is 0. The van der Waals surface area contributed by atoms with Gasteiger partial charge in [0.05, 0.1) is 38.5 Å². The van der Waals surface area contributed by atoms with E-state index in [4.69, 9.17) is 14.2 Å². The molecular formula is C22H22FNO5S. The van der Waals surface area contributed by atoms with E-state index in [-0.39, 0.29) is 11.4 Å². The van der Waals surface area contributed by atoms with Crippen LogP contribution in [-0.2, 0) is 16.6 Å². The van der Waals surface area contributed by atoms with E-state index in [0.717, 1.165) is 17.7 Å². The molecule has 3 rings (SSSR count). The van der Waals surface area contributed by atoms with Gasteiger partial charge in [-0.15, -0.1) is 0 Å². The highest BCUT2D eigenvalue weighted by molar-refractivity contribution is 7.92. The fourth-order valence-electron chi connectivity index (χ4n) is 2.93. The molecule has 8 heteroatoms. The Morgan fingerprint density at radius 3 is 2.00 bits per heavy atom. The van der Waals surface area contributed by atoms with Gasteiger partial charge in [-0.25, -0.2) is 12.8 Å². The summed E-state index contributed by atoms with van der Waals surface area (Å²) in [4.78, 5) is -0.0211. The van der Waals surface area contributed by atoms with Crippen molar-refractivity contribution in [3.63, 3.8) is 0 Å². The summed E-state index contributed by atoms with van der Waals surface area (Å²) in [5.74, 6) is 1.02. The average Bonchev–Trinajstić information content (AvgIpc) is 2.77. The number of methoxy groups -OCH3 is 3. The summed E-state index contributed by atoms with van der Waals surface area (Å²) < 4.78 is 57.2. The SMILES string of the molecule is COc1ccc(CN(c2ccc(OC)c(OC)c2)S(=O)(=O)c2ccc(F)cc2)cc1. The molecule has 0 bridgehead atoms. The molecule has 0 spiro atoms. The average molecular weight is 431 g/mol. The van der Waals surface area contributed by atoms with Gasteiger partial charge in [0.1, 0.15) is 11.6 Å². The molecule has 0 aliphatic rings. The number of ether oxygens (including phenoxy) is 3. The third kappa shape index (κ3) is 4.49. The number of hydrogen-bond acceptors (Lipinski definition) is 5. The minimum atomic E-state index is -3.99. The maximum absolute atomic E-state index is 13.4. The van der Waals surface area contributed by atoms with Gasteiger partial charge < -0.3 is 14.2 Å². The smallest absolute Gasteiger partial charge is 0.264 e. The monoisotopic (exact) mass is 431 g/mol. The minimum absolute atomic E-state index is 0.0211. The fourth-order valence-corrected chi connectivity index (χ4v) is 4.37. The predicted molar refractivity (Wildman–Crippen MR) is 112 cm³/mol. The number of sulfonamides is 1. The molecule has 0 N–H and O–H groups in total. The normalized spacial score (nSPS) is 11.1. The van der Waals surface area contributed by atoms with Crippen molar-refractivity contribution in [2.45, 2.75) is 11.4 Å². The second kappa shape index (κ2) is 9.04. The highest BCUT2D eigenvalue weighted by Gasteiger charge is 2.26. The molecule has 0 unspecified atom stereocenters. The van der Waals surface area contributed by atoms with Crippen LogP contribution in [0.5, 0.6) is 17.2 Å². The van der Waals surface area contributed by atoms with E-state index in [1.165, 1.54) is 30.7 Å². The van der Waals surface area contributed by atoms with Gasteiger partial charge in [-0.3, -0.25) is 4.31 Å². The molecule has 3 aromatic rings. The number of rotatable bonds is 8. The van der Waals surface area contributed by atoms with Gasteiger partial charge in [-0.05, 0) is 54.1 Å². The Labute approximate surface area is 175 Å². The molecule has 0 heterocycles. The lowest BCUT2D eigenvalue weighted by atomic mass is 10.2. The van der Waals surface area contributed by atoms with Crippen molar-refractivity contribution in [3.05, 3.63) is 78.1 Å². The molecule has 6 nitrogen and oxygen atoms in total. The van der Waals surface area contributed by atoms with Crippen LogP contribution in [0.1, 0.15) is 5.56 Å². The van der Waals surface area contributed by atoms with E-state index in [1.54, 1.807) is 49.6 Å². The maximum Gasteiger partial charge on any atom is 0.264 e. The zero-order chi connectivity index (χ0) is 21.7. The van der Waals surface area contributed by atoms with E-state index >= 15 is 0 Å². The van der Waals surface area contributed by atoms with Crippen LogP contribution in [0.2, 0.25) is 0 Å². The first-order valence-electron chi connectivity index (χ1n) is 9.02. The van der Waals surface area contributed by atoms with Crippen LogP contribution in [0.3, 0.4) is 0 Å². The lowest BCUT2D eigenvalue weighted by Crippen LogP contribution is -2.30. The number of nitrogens with zero attached hydrogens (tertiary/aromatic N) is 1. The second-order valence-corrected chi connectivity index (χ2v) is 8.22. The summed E-state index contributed by atoms with van der Waals surface area (Å²) in [6.07, 6.45) is 0. The van der Waals surface area contributed by atoms with Crippen LogP contribution in [0.25, 0.3) is 0 Å². The quantitative estimate of drug-likeness (QED) is 0.534. The van der Waals surface area contributed by atoms with Crippen LogP contribution >= 0.6 is 0 Å². The van der Waals surface area contributed by atoms with E-state index in [9.17, 15) is 12.8 Å². The van der Waals surface area contributed by atoms with Crippen LogP contribution in [0, 0.1) is 5.82 Å². The highest BCUT2D eigenvalue weighted by atomic mass is 32.2. The van der Waals surface area contributed by atoms with Gasteiger partial charge in [0, 0.05) is 6.07 Å². The van der Waals surface area contributed by atoms with E-state index in [1.807, 2.05) is 0 Å². The Balaban J connectivity index is 2.09. The largest absolute Gasteiger partial charge is 0.497 e. The Morgan fingerprint density at radius 1 is 0.800 bits per heavy atom. The molecule has 158 valence electrons. The van der Waals surface area contributed by atoms with Gasteiger partial charge in [-0.2, -0.15) is 0 Å². The predicted octanol–water partition coefficient (Wildman–Crippen LogP) is 4.25.